The number of hydrogen-bond acceptors (Lipinski definition) is 4. The number of benzene rings is 1. The smallest absolute Gasteiger partial charge is 0.259 e. The lowest BCUT2D eigenvalue weighted by atomic mass is 10.2. The normalized spacial score (nSPS) is 12.6. The lowest BCUT2D eigenvalue weighted by Crippen LogP contribution is -2.11. The maximum absolute atomic E-state index is 12.1. The van der Waals surface area contributed by atoms with Crippen molar-refractivity contribution in [1.82, 2.24) is 9.55 Å². The van der Waals surface area contributed by atoms with Crippen LogP contribution in [0.2, 0.25) is 0 Å². The van der Waals surface area contributed by atoms with Crippen LogP contribution in [0.1, 0.15) is 30.5 Å². The monoisotopic (exact) mass is 292 g/mol. The maximum Gasteiger partial charge on any atom is 0.259 e. The Kier molecular flexibility index (Phi) is 4.17. The van der Waals surface area contributed by atoms with Gasteiger partial charge in [-0.25, -0.2) is 0 Å². The fraction of sp³-hybridized carbons (Fsp3) is 0.286. The number of hydrogen-bond donors (Lipinski definition) is 2. The summed E-state index contributed by atoms with van der Waals surface area (Å²) in [6.07, 6.45) is -0.994. The molecule has 2 rings (SSSR count). The molecule has 0 aliphatic rings. The Labute approximate surface area is 121 Å². The SMILES string of the molecule is C=C(C)C(=O)n1c(=S)[nH]c2cc(C(O)OCC)ccc21. The molecule has 106 valence electrons. The summed E-state index contributed by atoms with van der Waals surface area (Å²) in [5.41, 5.74) is 2.32. The standard InChI is InChI=1S/C14H16N2O3S/c1-4-19-13(18)9-5-6-11-10(7-9)15-14(20)16(11)12(17)8(2)3/h5-7,13,18H,2,4H2,1,3H3,(H,15,20). The molecule has 2 aromatic rings. The van der Waals surface area contributed by atoms with E-state index < -0.39 is 6.29 Å². The number of carbonyl (C=O) groups is 1. The number of carbonyl (C=O) groups excluding carboxylic acids is 1. The van der Waals surface area contributed by atoms with Crippen molar-refractivity contribution in [2.75, 3.05) is 6.61 Å². The van der Waals surface area contributed by atoms with Gasteiger partial charge in [-0.15, -0.1) is 0 Å². The summed E-state index contributed by atoms with van der Waals surface area (Å²) in [6, 6.07) is 5.14. The third-order valence-corrected chi connectivity index (χ3v) is 3.17. The van der Waals surface area contributed by atoms with Crippen molar-refractivity contribution in [3.05, 3.63) is 40.7 Å². The molecule has 0 spiro atoms. The molecular weight excluding hydrogens is 276 g/mol. The van der Waals surface area contributed by atoms with Gasteiger partial charge in [-0.1, -0.05) is 12.6 Å². The van der Waals surface area contributed by atoms with E-state index in [9.17, 15) is 9.90 Å². The number of fused-ring (bicyclic) bond motifs is 1. The first-order valence-corrected chi connectivity index (χ1v) is 6.61. The van der Waals surface area contributed by atoms with E-state index in [-0.39, 0.29) is 5.91 Å². The third kappa shape index (κ3) is 2.58. The highest BCUT2D eigenvalue weighted by molar-refractivity contribution is 7.71. The summed E-state index contributed by atoms with van der Waals surface area (Å²) in [5.74, 6) is -0.251. The van der Waals surface area contributed by atoms with Crippen molar-refractivity contribution < 1.29 is 14.6 Å². The molecule has 20 heavy (non-hydrogen) atoms. The highest BCUT2D eigenvalue weighted by Crippen LogP contribution is 2.21. The molecule has 1 heterocycles. The molecule has 6 heteroatoms. The molecule has 0 saturated carbocycles. The molecule has 0 saturated heterocycles. The molecule has 0 aliphatic carbocycles. The van der Waals surface area contributed by atoms with Crippen molar-refractivity contribution in [3.63, 3.8) is 0 Å². The lowest BCUT2D eigenvalue weighted by molar-refractivity contribution is -0.0979. The van der Waals surface area contributed by atoms with Crippen molar-refractivity contribution >= 4 is 29.2 Å². The van der Waals surface area contributed by atoms with Gasteiger partial charge in [0.15, 0.2) is 11.1 Å². The number of ether oxygens (including phenoxy) is 1. The van der Waals surface area contributed by atoms with Gasteiger partial charge in [-0.3, -0.25) is 9.36 Å². The minimum absolute atomic E-state index is 0.251. The second kappa shape index (κ2) is 5.70. The number of nitrogens with one attached hydrogen (secondary N) is 1. The molecule has 1 aromatic carbocycles. The number of aliphatic hydroxyl groups is 1. The molecule has 1 unspecified atom stereocenters. The third-order valence-electron chi connectivity index (χ3n) is 2.88. The topological polar surface area (TPSA) is 67.2 Å². The number of allylic oxidation sites excluding steroid dienone is 1. The summed E-state index contributed by atoms with van der Waals surface area (Å²) in [6.45, 7) is 7.48. The fourth-order valence-electron chi connectivity index (χ4n) is 1.93. The maximum atomic E-state index is 12.1. The molecule has 1 atom stereocenters. The van der Waals surface area contributed by atoms with Crippen LogP contribution in [0.15, 0.2) is 30.4 Å². The molecular formula is C14H16N2O3S. The van der Waals surface area contributed by atoms with Crippen LogP contribution < -0.4 is 0 Å². The van der Waals surface area contributed by atoms with E-state index in [1.165, 1.54) is 4.57 Å². The molecule has 0 radical (unpaired) electrons. The van der Waals surface area contributed by atoms with Gasteiger partial charge < -0.3 is 14.8 Å². The number of imidazole rings is 1. The van der Waals surface area contributed by atoms with E-state index in [0.29, 0.717) is 33.5 Å². The number of aromatic amines is 1. The van der Waals surface area contributed by atoms with E-state index in [1.807, 2.05) is 0 Å². The Morgan fingerprint density at radius 2 is 2.30 bits per heavy atom. The zero-order chi connectivity index (χ0) is 14.9. The van der Waals surface area contributed by atoms with Gasteiger partial charge in [-0.05, 0) is 38.2 Å². The second-order valence-electron chi connectivity index (χ2n) is 4.44. The average molecular weight is 292 g/mol. The Morgan fingerprint density at radius 1 is 1.60 bits per heavy atom. The zero-order valence-corrected chi connectivity index (χ0v) is 12.2. The molecule has 0 amide bonds. The van der Waals surface area contributed by atoms with Crippen LogP contribution >= 0.6 is 12.2 Å². The van der Waals surface area contributed by atoms with Gasteiger partial charge in [-0.2, -0.15) is 0 Å². The highest BCUT2D eigenvalue weighted by Gasteiger charge is 2.14. The van der Waals surface area contributed by atoms with E-state index in [0.717, 1.165) is 0 Å². The van der Waals surface area contributed by atoms with Crippen molar-refractivity contribution in [2.45, 2.75) is 20.1 Å². The molecule has 0 aliphatic heterocycles. The van der Waals surface area contributed by atoms with Crippen LogP contribution in [0.4, 0.5) is 0 Å². The summed E-state index contributed by atoms with van der Waals surface area (Å²) in [7, 11) is 0. The predicted octanol–water partition coefficient (Wildman–Crippen LogP) is 2.94. The van der Waals surface area contributed by atoms with Crippen LogP contribution in [0.3, 0.4) is 0 Å². The quantitative estimate of drug-likeness (QED) is 0.516. The fourth-order valence-corrected chi connectivity index (χ4v) is 2.22. The number of rotatable bonds is 4. The summed E-state index contributed by atoms with van der Waals surface area (Å²) in [5, 5.41) is 9.80. The van der Waals surface area contributed by atoms with E-state index in [2.05, 4.69) is 11.6 Å². The molecule has 0 bridgehead atoms. The number of nitrogens with zero attached hydrogens (tertiary/aromatic N) is 1. The van der Waals surface area contributed by atoms with Gasteiger partial charge in [0, 0.05) is 17.7 Å². The Hall–Kier alpha value is -1.76. The Balaban J connectivity index is 2.55. The molecule has 0 fully saturated rings. The summed E-state index contributed by atoms with van der Waals surface area (Å²) < 4.78 is 6.82. The summed E-state index contributed by atoms with van der Waals surface area (Å²) >= 11 is 5.16. The molecule has 2 N–H and O–H groups in total. The number of aromatic nitrogens is 2. The van der Waals surface area contributed by atoms with Gasteiger partial charge in [0.1, 0.15) is 0 Å². The number of H-pyrrole nitrogens is 1. The first kappa shape index (κ1) is 14.6. The Bertz CT molecular complexity index is 730. The van der Waals surface area contributed by atoms with Crippen molar-refractivity contribution in [2.24, 2.45) is 0 Å². The van der Waals surface area contributed by atoms with Crippen molar-refractivity contribution in [1.29, 1.82) is 0 Å². The van der Waals surface area contributed by atoms with Crippen LogP contribution in [0.5, 0.6) is 0 Å². The van der Waals surface area contributed by atoms with Crippen molar-refractivity contribution in [3.8, 4) is 0 Å². The van der Waals surface area contributed by atoms with Crippen LogP contribution in [-0.2, 0) is 4.74 Å². The molecule has 1 aromatic heterocycles. The first-order valence-electron chi connectivity index (χ1n) is 6.20. The van der Waals surface area contributed by atoms with E-state index in [1.54, 1.807) is 32.0 Å². The average Bonchev–Trinajstić information content (AvgIpc) is 2.72. The zero-order valence-electron chi connectivity index (χ0n) is 11.3. The second-order valence-corrected chi connectivity index (χ2v) is 4.82. The lowest BCUT2D eigenvalue weighted by Gasteiger charge is -2.10. The summed E-state index contributed by atoms with van der Waals surface area (Å²) in [4.78, 5) is 15.0. The Morgan fingerprint density at radius 3 is 2.90 bits per heavy atom. The van der Waals surface area contributed by atoms with E-state index >= 15 is 0 Å². The van der Waals surface area contributed by atoms with Gasteiger partial charge >= 0.3 is 0 Å². The molecule has 5 nitrogen and oxygen atoms in total. The van der Waals surface area contributed by atoms with Crippen LogP contribution in [-0.4, -0.2) is 27.2 Å². The highest BCUT2D eigenvalue weighted by atomic mass is 32.1. The number of aliphatic hydroxyl groups excluding tert-OH is 1. The largest absolute Gasteiger partial charge is 0.364 e. The van der Waals surface area contributed by atoms with Crippen LogP contribution in [0.25, 0.3) is 11.0 Å². The first-order chi connectivity index (χ1) is 9.45. The predicted molar refractivity (Wildman–Crippen MR) is 79.1 cm³/mol. The van der Waals surface area contributed by atoms with Crippen LogP contribution in [0, 0.1) is 4.77 Å². The van der Waals surface area contributed by atoms with Gasteiger partial charge in [0.25, 0.3) is 5.91 Å². The van der Waals surface area contributed by atoms with Gasteiger partial charge in [0.2, 0.25) is 0 Å². The van der Waals surface area contributed by atoms with E-state index in [4.69, 9.17) is 17.0 Å². The van der Waals surface area contributed by atoms with Gasteiger partial charge in [0.05, 0.1) is 11.0 Å². The minimum Gasteiger partial charge on any atom is -0.364 e. The minimum atomic E-state index is -0.994.